The first-order valence-electron chi connectivity index (χ1n) is 8.78. The van der Waals surface area contributed by atoms with Gasteiger partial charge in [0.2, 0.25) is 0 Å². The normalized spacial score (nSPS) is 12.9. The molecule has 0 fully saturated rings. The molecule has 154 valence electrons. The summed E-state index contributed by atoms with van der Waals surface area (Å²) < 4.78 is 39.0. The van der Waals surface area contributed by atoms with Gasteiger partial charge in [0.15, 0.2) is 5.82 Å². The zero-order chi connectivity index (χ0) is 21.2. The third-order valence-electron chi connectivity index (χ3n) is 4.13. The summed E-state index contributed by atoms with van der Waals surface area (Å²) in [5.41, 5.74) is -1.22. The van der Waals surface area contributed by atoms with Gasteiger partial charge in [-0.2, -0.15) is 23.0 Å². The molecule has 0 saturated carbocycles. The first-order valence-corrected chi connectivity index (χ1v) is 10.0. The smallest absolute Gasteiger partial charge is 0.375 e. The maximum absolute atomic E-state index is 12.7. The van der Waals surface area contributed by atoms with E-state index in [1.54, 1.807) is 11.3 Å². The highest BCUT2D eigenvalue weighted by Gasteiger charge is 2.30. The van der Waals surface area contributed by atoms with Crippen LogP contribution in [0.15, 0.2) is 46.8 Å². The van der Waals surface area contributed by atoms with Crippen LogP contribution in [0.2, 0.25) is 5.02 Å². The van der Waals surface area contributed by atoms with E-state index >= 15 is 0 Å². The van der Waals surface area contributed by atoms with Gasteiger partial charge in [-0.3, -0.25) is 4.79 Å². The monoisotopic (exact) mass is 442 g/mol. The van der Waals surface area contributed by atoms with Crippen molar-refractivity contribution in [3.63, 3.8) is 0 Å². The Hall–Kier alpha value is -2.39. The SMILES string of the molecule is CC(C)CC(Nc1cnn(-c2ccc(C(F)(F)F)cn2)c(=O)c1Cl)c1cccs1. The lowest BCUT2D eigenvalue weighted by Gasteiger charge is -2.21. The van der Waals surface area contributed by atoms with E-state index in [1.165, 1.54) is 6.20 Å². The van der Waals surface area contributed by atoms with Gasteiger partial charge in [-0.1, -0.05) is 31.5 Å². The summed E-state index contributed by atoms with van der Waals surface area (Å²) in [5, 5.41) is 9.16. The fourth-order valence-corrected chi connectivity index (χ4v) is 3.74. The third kappa shape index (κ3) is 4.97. The Morgan fingerprint density at radius 1 is 1.24 bits per heavy atom. The van der Waals surface area contributed by atoms with Crippen LogP contribution >= 0.6 is 22.9 Å². The molecular weight excluding hydrogens is 425 g/mol. The van der Waals surface area contributed by atoms with Gasteiger partial charge in [0, 0.05) is 11.1 Å². The van der Waals surface area contributed by atoms with E-state index in [4.69, 9.17) is 11.6 Å². The number of nitrogens with one attached hydrogen (secondary N) is 1. The van der Waals surface area contributed by atoms with Crippen LogP contribution in [0.1, 0.15) is 36.8 Å². The van der Waals surface area contributed by atoms with Crippen LogP contribution in [0.3, 0.4) is 0 Å². The van der Waals surface area contributed by atoms with Crippen LogP contribution in [0.25, 0.3) is 5.82 Å². The van der Waals surface area contributed by atoms with Crippen molar-refractivity contribution in [3.05, 3.63) is 67.9 Å². The number of anilines is 1. The lowest BCUT2D eigenvalue weighted by Crippen LogP contribution is -2.24. The van der Waals surface area contributed by atoms with Crippen molar-refractivity contribution in [2.45, 2.75) is 32.5 Å². The fraction of sp³-hybridized carbons (Fsp3) is 0.316. The number of alkyl halides is 3. The second-order valence-corrected chi connectivity index (χ2v) is 8.19. The molecule has 3 rings (SSSR count). The van der Waals surface area contributed by atoms with Gasteiger partial charge < -0.3 is 5.32 Å². The van der Waals surface area contributed by atoms with Crippen molar-refractivity contribution in [2.75, 3.05) is 5.32 Å². The molecule has 5 nitrogen and oxygen atoms in total. The molecule has 0 aliphatic heterocycles. The first kappa shape index (κ1) is 21.3. The molecule has 29 heavy (non-hydrogen) atoms. The van der Waals surface area contributed by atoms with Crippen LogP contribution in [-0.4, -0.2) is 14.8 Å². The zero-order valence-electron chi connectivity index (χ0n) is 15.6. The Balaban J connectivity index is 1.90. The quantitative estimate of drug-likeness (QED) is 0.543. The second kappa shape index (κ2) is 8.54. The van der Waals surface area contributed by atoms with Gasteiger partial charge in [-0.25, -0.2) is 4.98 Å². The molecule has 0 spiro atoms. The van der Waals surface area contributed by atoms with Crippen LogP contribution < -0.4 is 10.9 Å². The van der Waals surface area contributed by atoms with E-state index in [9.17, 15) is 18.0 Å². The minimum Gasteiger partial charge on any atom is -0.375 e. The molecule has 1 unspecified atom stereocenters. The number of rotatable bonds is 6. The summed E-state index contributed by atoms with van der Waals surface area (Å²) in [5.74, 6) is 0.353. The average molecular weight is 443 g/mol. The third-order valence-corrected chi connectivity index (χ3v) is 5.49. The van der Waals surface area contributed by atoms with E-state index in [0.29, 0.717) is 17.8 Å². The highest BCUT2D eigenvalue weighted by molar-refractivity contribution is 7.10. The molecule has 0 amide bonds. The van der Waals surface area contributed by atoms with E-state index in [1.807, 2.05) is 17.5 Å². The van der Waals surface area contributed by atoms with Gasteiger partial charge in [0.05, 0.1) is 23.5 Å². The minimum atomic E-state index is -4.51. The number of hydrogen-bond donors (Lipinski definition) is 1. The number of halogens is 4. The van der Waals surface area contributed by atoms with Crippen molar-refractivity contribution < 1.29 is 13.2 Å². The Bertz CT molecular complexity index is 1020. The van der Waals surface area contributed by atoms with Crippen molar-refractivity contribution in [2.24, 2.45) is 5.92 Å². The van der Waals surface area contributed by atoms with Gasteiger partial charge in [0.1, 0.15) is 5.02 Å². The van der Waals surface area contributed by atoms with Crippen molar-refractivity contribution in [3.8, 4) is 5.82 Å². The molecule has 3 aromatic rings. The second-order valence-electron chi connectivity index (χ2n) is 6.83. The van der Waals surface area contributed by atoms with Crippen molar-refractivity contribution in [1.82, 2.24) is 14.8 Å². The Morgan fingerprint density at radius 3 is 2.55 bits per heavy atom. The largest absolute Gasteiger partial charge is 0.417 e. The van der Waals surface area contributed by atoms with Crippen molar-refractivity contribution >= 4 is 28.6 Å². The maximum Gasteiger partial charge on any atom is 0.417 e. The van der Waals surface area contributed by atoms with E-state index < -0.39 is 17.3 Å². The number of pyridine rings is 1. The Morgan fingerprint density at radius 2 is 2.00 bits per heavy atom. The zero-order valence-corrected chi connectivity index (χ0v) is 17.1. The molecule has 3 aromatic heterocycles. The molecule has 1 N–H and O–H groups in total. The number of thiophene rings is 1. The van der Waals surface area contributed by atoms with Gasteiger partial charge in [-0.05, 0) is 35.9 Å². The lowest BCUT2D eigenvalue weighted by molar-refractivity contribution is -0.137. The molecule has 0 aromatic carbocycles. The first-order chi connectivity index (χ1) is 13.7. The molecular formula is C19H18ClF3N4OS. The summed E-state index contributed by atoms with van der Waals surface area (Å²) >= 11 is 7.85. The fourth-order valence-electron chi connectivity index (χ4n) is 2.77. The summed E-state index contributed by atoms with van der Waals surface area (Å²) in [4.78, 5) is 17.4. The molecule has 10 heteroatoms. The molecule has 3 heterocycles. The van der Waals surface area contributed by atoms with E-state index in [2.05, 4.69) is 29.2 Å². The van der Waals surface area contributed by atoms with E-state index in [0.717, 1.165) is 28.1 Å². The molecule has 0 bridgehead atoms. The number of aromatic nitrogens is 3. The average Bonchev–Trinajstić information content (AvgIpc) is 3.19. The number of hydrogen-bond acceptors (Lipinski definition) is 5. The molecule has 0 radical (unpaired) electrons. The summed E-state index contributed by atoms with van der Waals surface area (Å²) in [7, 11) is 0. The maximum atomic E-state index is 12.7. The predicted molar refractivity (Wildman–Crippen MR) is 108 cm³/mol. The molecule has 0 aliphatic carbocycles. The van der Waals surface area contributed by atoms with Gasteiger partial charge in [-0.15, -0.1) is 11.3 Å². The predicted octanol–water partition coefficient (Wildman–Crippen LogP) is 5.56. The van der Waals surface area contributed by atoms with Gasteiger partial charge in [0.25, 0.3) is 5.56 Å². The molecule has 1 atom stereocenters. The van der Waals surface area contributed by atoms with Gasteiger partial charge >= 0.3 is 6.18 Å². The summed E-state index contributed by atoms with van der Waals surface area (Å²) in [6, 6.07) is 5.82. The van der Waals surface area contributed by atoms with E-state index in [-0.39, 0.29) is 16.9 Å². The Labute approximate surface area is 174 Å². The highest BCUT2D eigenvalue weighted by atomic mass is 35.5. The molecule has 0 aliphatic rings. The number of nitrogens with zero attached hydrogens (tertiary/aromatic N) is 3. The molecule has 0 saturated heterocycles. The highest BCUT2D eigenvalue weighted by Crippen LogP contribution is 2.31. The standard InChI is InChI=1S/C19H18ClF3N4OS/c1-11(2)8-13(15-4-3-7-29-15)26-14-10-25-27(18(28)17(14)20)16-6-5-12(9-24-16)19(21,22)23/h3-7,9-11,13,26H,8H2,1-2H3. The van der Waals surface area contributed by atoms with Crippen LogP contribution in [0, 0.1) is 5.92 Å². The van der Waals surface area contributed by atoms with Crippen LogP contribution in [-0.2, 0) is 6.18 Å². The minimum absolute atomic E-state index is 0.0475. The summed E-state index contributed by atoms with van der Waals surface area (Å²) in [6.07, 6.45) is -1.66. The topological polar surface area (TPSA) is 59.8 Å². The lowest BCUT2D eigenvalue weighted by atomic mass is 10.0. The van der Waals surface area contributed by atoms with Crippen molar-refractivity contribution in [1.29, 1.82) is 0 Å². The van der Waals surface area contributed by atoms with Crippen LogP contribution in [0.5, 0.6) is 0 Å². The summed E-state index contributed by atoms with van der Waals surface area (Å²) in [6.45, 7) is 4.19. The van der Waals surface area contributed by atoms with Crippen LogP contribution in [0.4, 0.5) is 18.9 Å². The Kier molecular flexibility index (Phi) is 6.28.